The molecule has 1 aromatic heterocycles. The minimum atomic E-state index is -3.71. The summed E-state index contributed by atoms with van der Waals surface area (Å²) in [6.45, 7) is 0. The van der Waals surface area contributed by atoms with Crippen molar-refractivity contribution in [3.8, 4) is 5.75 Å². The second-order valence-electron chi connectivity index (χ2n) is 4.13. The van der Waals surface area contributed by atoms with Crippen LogP contribution >= 0.6 is 11.3 Å². The molecule has 2 rings (SSSR count). The first-order chi connectivity index (χ1) is 9.90. The number of sulfonamides is 1. The number of carboxylic acid groups (broad SMARTS) is 1. The van der Waals surface area contributed by atoms with Gasteiger partial charge < -0.3 is 9.84 Å². The number of hydrogen-bond donors (Lipinski definition) is 2. The van der Waals surface area contributed by atoms with Crippen LogP contribution in [-0.4, -0.2) is 26.6 Å². The maximum atomic E-state index is 12.2. The minimum absolute atomic E-state index is 0.0783. The summed E-state index contributed by atoms with van der Waals surface area (Å²) in [5.41, 5.74) is 0.406. The van der Waals surface area contributed by atoms with E-state index in [-0.39, 0.29) is 10.6 Å². The predicted molar refractivity (Wildman–Crippen MR) is 79.5 cm³/mol. The van der Waals surface area contributed by atoms with Gasteiger partial charge >= 0.3 is 5.97 Å². The van der Waals surface area contributed by atoms with Crippen LogP contribution in [0.15, 0.2) is 40.6 Å². The van der Waals surface area contributed by atoms with Crippen molar-refractivity contribution in [1.82, 2.24) is 0 Å². The molecule has 8 heteroatoms. The second-order valence-corrected chi connectivity index (χ2v) is 7.20. The third kappa shape index (κ3) is 3.96. The van der Waals surface area contributed by atoms with Crippen LogP contribution in [-0.2, 0) is 21.2 Å². The van der Waals surface area contributed by atoms with E-state index in [1.807, 2.05) is 0 Å². The number of nitrogens with one attached hydrogen (secondary N) is 1. The molecule has 0 aliphatic heterocycles. The number of carboxylic acids is 1. The van der Waals surface area contributed by atoms with Gasteiger partial charge in [-0.05, 0) is 36.4 Å². The fourth-order valence-corrected chi connectivity index (χ4v) is 4.02. The van der Waals surface area contributed by atoms with E-state index < -0.39 is 16.0 Å². The van der Waals surface area contributed by atoms with Crippen LogP contribution in [0.25, 0.3) is 0 Å². The van der Waals surface area contributed by atoms with Crippen LogP contribution in [0.3, 0.4) is 0 Å². The Bertz CT molecular complexity index is 734. The molecule has 0 unspecified atom stereocenters. The van der Waals surface area contributed by atoms with Gasteiger partial charge in [0.05, 0.1) is 13.5 Å². The number of aliphatic carboxylic acids is 1. The average Bonchev–Trinajstić information content (AvgIpc) is 2.88. The van der Waals surface area contributed by atoms with Gasteiger partial charge in [0.2, 0.25) is 0 Å². The van der Waals surface area contributed by atoms with Gasteiger partial charge in [0.15, 0.2) is 0 Å². The monoisotopic (exact) mass is 327 g/mol. The van der Waals surface area contributed by atoms with Crippen molar-refractivity contribution < 1.29 is 23.1 Å². The molecule has 0 aliphatic rings. The Labute approximate surface area is 126 Å². The summed E-state index contributed by atoms with van der Waals surface area (Å²) in [5, 5.41) is 8.69. The Kier molecular flexibility index (Phi) is 4.49. The molecule has 1 heterocycles. The molecule has 0 amide bonds. The van der Waals surface area contributed by atoms with Crippen LogP contribution in [0.1, 0.15) is 4.88 Å². The Hall–Kier alpha value is -2.06. The topological polar surface area (TPSA) is 92.7 Å². The minimum Gasteiger partial charge on any atom is -0.497 e. The Morgan fingerprint density at radius 3 is 2.48 bits per heavy atom. The first-order valence-corrected chi connectivity index (χ1v) is 8.18. The quantitative estimate of drug-likeness (QED) is 0.848. The number of carbonyl (C=O) groups is 1. The molecule has 0 atom stereocenters. The van der Waals surface area contributed by atoms with E-state index in [2.05, 4.69) is 4.72 Å². The van der Waals surface area contributed by atoms with E-state index in [0.717, 1.165) is 11.3 Å². The Morgan fingerprint density at radius 1 is 1.24 bits per heavy atom. The van der Waals surface area contributed by atoms with Crippen LogP contribution in [0.4, 0.5) is 5.69 Å². The van der Waals surface area contributed by atoms with Gasteiger partial charge in [0.25, 0.3) is 10.0 Å². The van der Waals surface area contributed by atoms with Crippen molar-refractivity contribution in [2.24, 2.45) is 0 Å². The number of benzene rings is 1. The molecule has 0 bridgehead atoms. The molecule has 0 saturated carbocycles. The molecule has 6 nitrogen and oxygen atoms in total. The number of thiophene rings is 1. The maximum Gasteiger partial charge on any atom is 0.308 e. The third-order valence-corrected chi connectivity index (χ3v) is 5.53. The van der Waals surface area contributed by atoms with Crippen molar-refractivity contribution >= 4 is 33.0 Å². The first-order valence-electron chi connectivity index (χ1n) is 5.88. The first kappa shape index (κ1) is 15.3. The molecule has 0 fully saturated rings. The van der Waals surface area contributed by atoms with E-state index in [1.54, 1.807) is 24.3 Å². The second kappa shape index (κ2) is 6.15. The Morgan fingerprint density at radius 2 is 1.90 bits per heavy atom. The zero-order valence-electron chi connectivity index (χ0n) is 11.1. The summed E-state index contributed by atoms with van der Waals surface area (Å²) >= 11 is 0.939. The van der Waals surface area contributed by atoms with E-state index in [9.17, 15) is 13.2 Å². The van der Waals surface area contributed by atoms with Crippen molar-refractivity contribution in [2.45, 2.75) is 10.6 Å². The smallest absolute Gasteiger partial charge is 0.308 e. The van der Waals surface area contributed by atoms with Gasteiger partial charge in [0.1, 0.15) is 9.96 Å². The lowest BCUT2D eigenvalue weighted by molar-refractivity contribution is -0.136. The zero-order valence-corrected chi connectivity index (χ0v) is 12.7. The van der Waals surface area contributed by atoms with Gasteiger partial charge in [-0.3, -0.25) is 9.52 Å². The van der Waals surface area contributed by atoms with Crippen LogP contribution in [0, 0.1) is 0 Å². The summed E-state index contributed by atoms with van der Waals surface area (Å²) < 4.78 is 31.9. The fourth-order valence-electron chi connectivity index (χ4n) is 1.61. The van der Waals surface area contributed by atoms with Crippen molar-refractivity contribution in [3.05, 3.63) is 41.3 Å². The van der Waals surface area contributed by atoms with Crippen LogP contribution in [0.5, 0.6) is 5.75 Å². The van der Waals surface area contributed by atoms with E-state index in [0.29, 0.717) is 16.3 Å². The molecule has 1 aromatic carbocycles. The molecule has 0 spiro atoms. The van der Waals surface area contributed by atoms with Crippen LogP contribution < -0.4 is 9.46 Å². The van der Waals surface area contributed by atoms with Crippen molar-refractivity contribution in [2.75, 3.05) is 11.8 Å². The maximum absolute atomic E-state index is 12.2. The third-order valence-electron chi connectivity index (χ3n) is 2.57. The molecule has 2 N–H and O–H groups in total. The lowest BCUT2D eigenvalue weighted by Crippen LogP contribution is -2.11. The number of anilines is 1. The normalized spacial score (nSPS) is 11.1. The van der Waals surface area contributed by atoms with E-state index in [4.69, 9.17) is 9.84 Å². The molecule has 2 aromatic rings. The zero-order chi connectivity index (χ0) is 15.5. The largest absolute Gasteiger partial charge is 0.497 e. The summed E-state index contributed by atoms with van der Waals surface area (Å²) in [6.07, 6.45) is -0.192. The molecule has 21 heavy (non-hydrogen) atoms. The van der Waals surface area contributed by atoms with Gasteiger partial charge in [0, 0.05) is 10.6 Å². The Balaban J connectivity index is 2.17. The summed E-state index contributed by atoms with van der Waals surface area (Å²) in [5.74, 6) is -0.373. The highest BCUT2D eigenvalue weighted by Crippen LogP contribution is 2.25. The van der Waals surface area contributed by atoms with Crippen LogP contribution in [0.2, 0.25) is 0 Å². The average molecular weight is 327 g/mol. The standard InChI is InChI=1S/C13H13NO5S2/c1-19-10-4-2-9(3-5-10)14-21(17,18)13-7-6-11(20-13)8-12(15)16/h2-7,14H,8H2,1H3,(H,15,16). The molecular weight excluding hydrogens is 314 g/mol. The molecule has 0 radical (unpaired) electrons. The van der Waals surface area contributed by atoms with Gasteiger partial charge in [-0.2, -0.15) is 0 Å². The molecule has 112 valence electrons. The van der Waals surface area contributed by atoms with Crippen molar-refractivity contribution in [3.63, 3.8) is 0 Å². The highest BCUT2D eigenvalue weighted by molar-refractivity contribution is 7.94. The summed E-state index contributed by atoms with van der Waals surface area (Å²) in [4.78, 5) is 11.1. The fraction of sp³-hybridized carbons (Fsp3) is 0.154. The van der Waals surface area contributed by atoms with E-state index in [1.165, 1.54) is 19.2 Å². The van der Waals surface area contributed by atoms with Gasteiger partial charge in [-0.25, -0.2) is 8.42 Å². The molecular formula is C13H13NO5S2. The van der Waals surface area contributed by atoms with Gasteiger partial charge in [-0.1, -0.05) is 0 Å². The number of methoxy groups -OCH3 is 1. The summed E-state index contributed by atoms with van der Waals surface area (Å²) in [7, 11) is -2.19. The number of rotatable bonds is 6. The SMILES string of the molecule is COc1ccc(NS(=O)(=O)c2ccc(CC(=O)O)s2)cc1. The van der Waals surface area contributed by atoms with Gasteiger partial charge in [-0.15, -0.1) is 11.3 Å². The lowest BCUT2D eigenvalue weighted by Gasteiger charge is -2.07. The molecule has 0 aliphatic carbocycles. The number of hydrogen-bond acceptors (Lipinski definition) is 5. The predicted octanol–water partition coefficient (Wildman–Crippen LogP) is 2.18. The van der Waals surface area contributed by atoms with E-state index >= 15 is 0 Å². The summed E-state index contributed by atoms with van der Waals surface area (Å²) in [6, 6.07) is 9.35. The highest BCUT2D eigenvalue weighted by atomic mass is 32.2. The highest BCUT2D eigenvalue weighted by Gasteiger charge is 2.17. The molecule has 0 saturated heterocycles. The van der Waals surface area contributed by atoms with Crippen molar-refractivity contribution in [1.29, 1.82) is 0 Å². The lowest BCUT2D eigenvalue weighted by atomic mass is 10.3. The number of ether oxygens (including phenoxy) is 1.